The molecule has 0 aromatic heterocycles. The summed E-state index contributed by atoms with van der Waals surface area (Å²) in [4.78, 5) is 42.3. The van der Waals surface area contributed by atoms with Crippen LogP contribution in [-0.2, 0) is 9.59 Å². The van der Waals surface area contributed by atoms with Gasteiger partial charge in [-0.1, -0.05) is 32.1 Å². The maximum Gasteiger partial charge on any atom is 0.248 e. The van der Waals surface area contributed by atoms with Crippen LogP contribution in [0.3, 0.4) is 0 Å². The van der Waals surface area contributed by atoms with Gasteiger partial charge >= 0.3 is 0 Å². The van der Waals surface area contributed by atoms with Crippen LogP contribution >= 0.6 is 0 Å². The molecule has 3 amide bonds. The second-order valence-corrected chi connectivity index (χ2v) is 10.2. The molecule has 0 unspecified atom stereocenters. The molecule has 1 saturated carbocycles. The van der Waals surface area contributed by atoms with Crippen molar-refractivity contribution in [2.24, 2.45) is 33.8 Å². The van der Waals surface area contributed by atoms with Gasteiger partial charge in [0.05, 0.1) is 23.4 Å². The highest BCUT2D eigenvalue weighted by molar-refractivity contribution is 6.00. The molecule has 2 aromatic carbocycles. The molecule has 0 heterocycles. The number of nitrogens with zero attached hydrogens (tertiary/aromatic N) is 2. The Kier molecular flexibility index (Phi) is 11.5. The smallest absolute Gasteiger partial charge is 0.248 e. The maximum atomic E-state index is 13.6. The summed E-state index contributed by atoms with van der Waals surface area (Å²) >= 11 is 0. The van der Waals surface area contributed by atoms with Crippen molar-refractivity contribution in [3.05, 3.63) is 53.6 Å². The lowest BCUT2D eigenvalue weighted by molar-refractivity contribution is -0.127. The minimum atomic E-state index is -0.840. The van der Waals surface area contributed by atoms with E-state index in [1.54, 1.807) is 24.3 Å². The number of nitrogens with two attached hydrogens (primary N) is 4. The van der Waals surface area contributed by atoms with Crippen molar-refractivity contribution < 1.29 is 19.1 Å². The molecule has 1 aliphatic carbocycles. The third-order valence-electron chi connectivity index (χ3n) is 6.97. The standard InChI is InChI=1S/C29H38N8O4/c30-17-19-8-11-21(12-9-19)41-25-16-20(26(32)38)10-13-23(25)36-28(40)24(15-18-5-2-1-3-6-18)37-27(39)22(31)7-4-14-35-29(33)34/h8-13,16,18,22,24H,1-7,14-15,31H2,(H2,32,38)(H,36,40)(H,37,39)(H4,33,34,35)/t22-,24-/m0/s1. The highest BCUT2D eigenvalue weighted by Crippen LogP contribution is 2.32. The first-order chi connectivity index (χ1) is 19.7. The molecule has 0 bridgehead atoms. The van der Waals surface area contributed by atoms with Crippen molar-refractivity contribution in [1.29, 1.82) is 5.26 Å². The third-order valence-corrected chi connectivity index (χ3v) is 6.97. The van der Waals surface area contributed by atoms with E-state index in [4.69, 9.17) is 32.9 Å². The maximum absolute atomic E-state index is 13.6. The molecule has 0 radical (unpaired) electrons. The van der Waals surface area contributed by atoms with Crippen molar-refractivity contribution in [3.8, 4) is 17.6 Å². The largest absolute Gasteiger partial charge is 0.455 e. The Morgan fingerprint density at radius 2 is 1.73 bits per heavy atom. The van der Waals surface area contributed by atoms with Crippen LogP contribution in [0.5, 0.6) is 11.5 Å². The summed E-state index contributed by atoms with van der Waals surface area (Å²) in [5, 5.41) is 14.7. The van der Waals surface area contributed by atoms with Crippen molar-refractivity contribution in [2.75, 3.05) is 11.9 Å². The van der Waals surface area contributed by atoms with Crippen LogP contribution in [0.25, 0.3) is 0 Å². The van der Waals surface area contributed by atoms with E-state index in [1.165, 1.54) is 18.2 Å². The van der Waals surface area contributed by atoms with Crippen LogP contribution < -0.4 is 38.3 Å². The number of hydrogen-bond donors (Lipinski definition) is 6. The zero-order valence-electron chi connectivity index (χ0n) is 23.0. The Bertz CT molecular complexity index is 1280. The van der Waals surface area contributed by atoms with Crippen LogP contribution in [0.2, 0.25) is 0 Å². The van der Waals surface area contributed by atoms with Crippen molar-refractivity contribution in [1.82, 2.24) is 5.32 Å². The number of carbonyl (C=O) groups excluding carboxylic acids is 3. The summed E-state index contributed by atoms with van der Waals surface area (Å²) in [6.07, 6.45) is 6.58. The molecular formula is C29H38N8O4. The number of nitriles is 1. The van der Waals surface area contributed by atoms with Gasteiger partial charge in [-0.2, -0.15) is 5.26 Å². The van der Waals surface area contributed by atoms with E-state index in [2.05, 4.69) is 15.6 Å². The quantitative estimate of drug-likeness (QED) is 0.120. The van der Waals surface area contributed by atoms with E-state index < -0.39 is 29.8 Å². The first-order valence-corrected chi connectivity index (χ1v) is 13.7. The summed E-state index contributed by atoms with van der Waals surface area (Å²) in [7, 11) is 0. The van der Waals surface area contributed by atoms with E-state index in [9.17, 15) is 14.4 Å². The third kappa shape index (κ3) is 9.81. The lowest BCUT2D eigenvalue weighted by Gasteiger charge is -2.27. The van der Waals surface area contributed by atoms with Gasteiger partial charge in [-0.25, -0.2) is 0 Å². The number of rotatable bonds is 13. The molecule has 1 aliphatic rings. The SMILES string of the molecule is N#Cc1ccc(Oc2cc(C(N)=O)ccc2NC(=O)[C@H](CC2CCCCC2)NC(=O)[C@@H](N)CCCN=C(N)N)cc1. The van der Waals surface area contributed by atoms with Crippen molar-refractivity contribution in [3.63, 3.8) is 0 Å². The number of anilines is 1. The van der Waals surface area contributed by atoms with Gasteiger partial charge in [0.2, 0.25) is 17.7 Å². The van der Waals surface area contributed by atoms with E-state index in [-0.39, 0.29) is 28.9 Å². The molecule has 2 atom stereocenters. The number of benzene rings is 2. The van der Waals surface area contributed by atoms with Crippen LogP contribution in [0.4, 0.5) is 5.69 Å². The molecule has 0 saturated heterocycles. The average Bonchev–Trinajstić information content (AvgIpc) is 2.96. The first-order valence-electron chi connectivity index (χ1n) is 13.7. The molecule has 0 spiro atoms. The number of primary amides is 1. The van der Waals surface area contributed by atoms with Gasteiger partial charge in [0.15, 0.2) is 11.7 Å². The number of amides is 3. The monoisotopic (exact) mass is 562 g/mol. The molecule has 3 rings (SSSR count). The molecule has 2 aromatic rings. The summed E-state index contributed by atoms with van der Waals surface area (Å²) < 4.78 is 5.95. The zero-order valence-corrected chi connectivity index (χ0v) is 23.0. The second kappa shape index (κ2) is 15.2. The normalized spacial score (nSPS) is 14.6. The molecule has 12 heteroatoms. The average molecular weight is 563 g/mol. The van der Waals surface area contributed by atoms with E-state index in [1.807, 2.05) is 6.07 Å². The number of hydrogen-bond acceptors (Lipinski definition) is 7. The number of carbonyl (C=O) groups is 3. The van der Waals surface area contributed by atoms with Gasteiger partial charge in [-0.05, 0) is 67.6 Å². The molecule has 12 nitrogen and oxygen atoms in total. The van der Waals surface area contributed by atoms with E-state index in [0.29, 0.717) is 37.1 Å². The van der Waals surface area contributed by atoms with Crippen LogP contribution in [0, 0.1) is 17.2 Å². The Morgan fingerprint density at radius 1 is 1.02 bits per heavy atom. The Labute approximate surface area is 239 Å². The molecule has 1 fully saturated rings. The number of ether oxygens (including phenoxy) is 1. The fourth-order valence-electron chi connectivity index (χ4n) is 4.72. The number of aliphatic imine (C=N–C) groups is 1. The van der Waals surface area contributed by atoms with Gasteiger partial charge in [0.1, 0.15) is 11.8 Å². The highest BCUT2D eigenvalue weighted by atomic mass is 16.5. The van der Waals surface area contributed by atoms with Gasteiger partial charge in [-0.15, -0.1) is 0 Å². The van der Waals surface area contributed by atoms with Crippen LogP contribution in [0.1, 0.15) is 67.3 Å². The second-order valence-electron chi connectivity index (χ2n) is 10.2. The van der Waals surface area contributed by atoms with Gasteiger partial charge in [0.25, 0.3) is 0 Å². The minimum Gasteiger partial charge on any atom is -0.455 e. The van der Waals surface area contributed by atoms with Crippen LogP contribution in [0.15, 0.2) is 47.5 Å². The molecule has 10 N–H and O–H groups in total. The molecule has 41 heavy (non-hydrogen) atoms. The summed E-state index contributed by atoms with van der Waals surface area (Å²) in [5.41, 5.74) is 23.2. The fourth-order valence-corrected chi connectivity index (χ4v) is 4.72. The van der Waals surface area contributed by atoms with E-state index in [0.717, 1.165) is 32.1 Å². The van der Waals surface area contributed by atoms with Gasteiger partial charge in [0, 0.05) is 12.1 Å². The number of guanidine groups is 1. The lowest BCUT2D eigenvalue weighted by Crippen LogP contribution is -2.50. The summed E-state index contributed by atoms with van der Waals surface area (Å²) in [5.74, 6) is -0.720. The van der Waals surface area contributed by atoms with Gasteiger partial charge < -0.3 is 38.3 Å². The lowest BCUT2D eigenvalue weighted by atomic mass is 9.84. The molecule has 0 aliphatic heterocycles. The molecular weight excluding hydrogens is 524 g/mol. The fraction of sp³-hybridized carbons (Fsp3) is 0.414. The van der Waals surface area contributed by atoms with E-state index >= 15 is 0 Å². The Balaban J connectivity index is 1.78. The first kappa shape index (κ1) is 30.9. The highest BCUT2D eigenvalue weighted by Gasteiger charge is 2.28. The number of nitrogens with one attached hydrogen (secondary N) is 2. The predicted octanol–water partition coefficient (Wildman–Crippen LogP) is 2.22. The molecule has 218 valence electrons. The summed E-state index contributed by atoms with van der Waals surface area (Å²) in [6, 6.07) is 11.2. The minimum absolute atomic E-state index is 0.0290. The Hall–Kier alpha value is -4.63. The summed E-state index contributed by atoms with van der Waals surface area (Å²) in [6.45, 7) is 0.346. The van der Waals surface area contributed by atoms with Crippen LogP contribution in [-0.4, -0.2) is 42.3 Å². The predicted molar refractivity (Wildman–Crippen MR) is 156 cm³/mol. The topological polar surface area (TPSA) is 225 Å². The van der Waals surface area contributed by atoms with Crippen molar-refractivity contribution >= 4 is 29.4 Å². The van der Waals surface area contributed by atoms with Crippen molar-refractivity contribution in [2.45, 2.75) is 63.5 Å². The Morgan fingerprint density at radius 3 is 2.37 bits per heavy atom. The van der Waals surface area contributed by atoms with Gasteiger partial charge in [-0.3, -0.25) is 19.4 Å². The zero-order chi connectivity index (χ0) is 29.8.